The van der Waals surface area contributed by atoms with Gasteiger partial charge in [-0.25, -0.2) is 4.79 Å². The number of hydrogen-bond acceptors (Lipinski definition) is 6. The number of rotatable bonds is 6. The van der Waals surface area contributed by atoms with Gasteiger partial charge in [-0.15, -0.1) is 0 Å². The van der Waals surface area contributed by atoms with E-state index < -0.39 is 24.5 Å². The minimum atomic E-state index is -1.06. The molecule has 9 nitrogen and oxygen atoms in total. The molecule has 2 aliphatic carbocycles. The van der Waals surface area contributed by atoms with Gasteiger partial charge in [0.15, 0.2) is 6.61 Å². The quantitative estimate of drug-likeness (QED) is 0.525. The maximum atomic E-state index is 12.8. The Bertz CT molecular complexity index is 915. The van der Waals surface area contributed by atoms with Crippen molar-refractivity contribution in [1.29, 1.82) is 0 Å². The zero-order valence-electron chi connectivity index (χ0n) is 17.4. The summed E-state index contributed by atoms with van der Waals surface area (Å²) in [6.45, 7) is 2.32. The van der Waals surface area contributed by atoms with Gasteiger partial charge < -0.3 is 15.4 Å². The van der Waals surface area contributed by atoms with Crippen LogP contribution in [0.25, 0.3) is 0 Å². The van der Waals surface area contributed by atoms with Crippen molar-refractivity contribution in [1.82, 2.24) is 4.90 Å². The molecule has 1 aromatic carbocycles. The van der Waals surface area contributed by atoms with Crippen LogP contribution in [0.2, 0.25) is 0 Å². The number of imide groups is 1. The standard InChI is InChI=1S/C22H25N3O6/c1-11(25-20(28)18-13-3-4-14(9-13)19(18)21(25)29)22(30)31-10-17(27)24-16-7-5-15(6-8-16)23-12(2)26/h5-8,11,13-14,18-19H,3-4,9-10H2,1-2H3,(H,23,26)(H,24,27)/t11-,13+,14+,18-,19+/m1/s1. The highest BCUT2D eigenvalue weighted by atomic mass is 16.5. The Morgan fingerprint density at radius 3 is 2.03 bits per heavy atom. The molecule has 0 unspecified atom stereocenters. The second-order valence-electron chi connectivity index (χ2n) is 8.52. The third-order valence-corrected chi connectivity index (χ3v) is 6.52. The Labute approximate surface area is 179 Å². The SMILES string of the molecule is CC(=O)Nc1ccc(NC(=O)COC(=O)[C@@H](C)N2C(=O)[C@@H]3[C@H]4CC[C@@H](C4)[C@@H]3C2=O)cc1. The number of nitrogens with zero attached hydrogens (tertiary/aromatic N) is 1. The molecule has 0 spiro atoms. The molecule has 0 radical (unpaired) electrons. The van der Waals surface area contributed by atoms with Crippen molar-refractivity contribution in [2.24, 2.45) is 23.7 Å². The van der Waals surface area contributed by atoms with Gasteiger partial charge in [-0.1, -0.05) is 0 Å². The average molecular weight is 427 g/mol. The lowest BCUT2D eigenvalue weighted by Crippen LogP contribution is -2.45. The number of amides is 4. The van der Waals surface area contributed by atoms with E-state index in [2.05, 4.69) is 10.6 Å². The van der Waals surface area contributed by atoms with Crippen LogP contribution in [0.15, 0.2) is 24.3 Å². The second kappa shape index (κ2) is 8.13. The lowest BCUT2D eigenvalue weighted by atomic mass is 9.81. The Hall–Kier alpha value is -3.23. The van der Waals surface area contributed by atoms with Crippen LogP contribution in [-0.4, -0.2) is 47.1 Å². The van der Waals surface area contributed by atoms with Gasteiger partial charge >= 0.3 is 5.97 Å². The van der Waals surface area contributed by atoms with Gasteiger partial charge in [-0.2, -0.15) is 0 Å². The number of hydrogen-bond donors (Lipinski definition) is 2. The molecule has 5 atom stereocenters. The highest BCUT2D eigenvalue weighted by molar-refractivity contribution is 6.08. The minimum Gasteiger partial charge on any atom is -0.454 e. The van der Waals surface area contributed by atoms with Gasteiger partial charge in [-0.05, 0) is 62.3 Å². The first kappa shape index (κ1) is 21.0. The summed E-state index contributed by atoms with van der Waals surface area (Å²) in [6, 6.07) is 5.39. The molecule has 2 bridgehead atoms. The largest absolute Gasteiger partial charge is 0.454 e. The van der Waals surface area contributed by atoms with Crippen molar-refractivity contribution in [2.75, 3.05) is 17.2 Å². The molecule has 3 aliphatic rings. The van der Waals surface area contributed by atoms with Gasteiger partial charge in [0.1, 0.15) is 6.04 Å². The fourth-order valence-electron chi connectivity index (χ4n) is 5.21. The Morgan fingerprint density at radius 1 is 1.00 bits per heavy atom. The number of likely N-dealkylation sites (tertiary alicyclic amines) is 1. The maximum Gasteiger partial charge on any atom is 0.329 e. The van der Waals surface area contributed by atoms with Crippen LogP contribution >= 0.6 is 0 Å². The summed E-state index contributed by atoms with van der Waals surface area (Å²) >= 11 is 0. The summed E-state index contributed by atoms with van der Waals surface area (Å²) in [5.74, 6) is -2.23. The van der Waals surface area contributed by atoms with E-state index in [0.29, 0.717) is 11.4 Å². The lowest BCUT2D eigenvalue weighted by Gasteiger charge is -2.23. The van der Waals surface area contributed by atoms with Crippen LogP contribution in [0.5, 0.6) is 0 Å². The minimum absolute atomic E-state index is 0.205. The fourth-order valence-corrected chi connectivity index (χ4v) is 5.21. The summed E-state index contributed by atoms with van der Waals surface area (Å²) in [7, 11) is 0. The van der Waals surface area contributed by atoms with Crippen molar-refractivity contribution in [3.8, 4) is 0 Å². The number of benzene rings is 1. The predicted octanol–water partition coefficient (Wildman–Crippen LogP) is 1.55. The molecule has 0 aromatic heterocycles. The van der Waals surface area contributed by atoms with Gasteiger partial charge in [-0.3, -0.25) is 24.1 Å². The van der Waals surface area contributed by atoms with Crippen LogP contribution < -0.4 is 10.6 Å². The van der Waals surface area contributed by atoms with Crippen LogP contribution in [0.3, 0.4) is 0 Å². The van der Waals surface area contributed by atoms with Crippen molar-refractivity contribution in [3.05, 3.63) is 24.3 Å². The van der Waals surface area contributed by atoms with Crippen LogP contribution in [0.1, 0.15) is 33.1 Å². The number of carbonyl (C=O) groups is 5. The molecule has 1 heterocycles. The number of carbonyl (C=O) groups excluding carboxylic acids is 5. The van der Waals surface area contributed by atoms with Gasteiger partial charge in [0, 0.05) is 18.3 Å². The molecule has 1 aliphatic heterocycles. The zero-order chi connectivity index (χ0) is 22.3. The molecule has 2 N–H and O–H groups in total. The molecule has 2 saturated carbocycles. The number of anilines is 2. The first-order valence-electron chi connectivity index (χ1n) is 10.5. The average Bonchev–Trinajstić information content (AvgIpc) is 3.40. The van der Waals surface area contributed by atoms with Gasteiger partial charge in [0.05, 0.1) is 11.8 Å². The summed E-state index contributed by atoms with van der Waals surface area (Å²) in [5.41, 5.74) is 1.06. The molecule has 3 fully saturated rings. The van der Waals surface area contributed by atoms with E-state index in [-0.39, 0.29) is 41.4 Å². The smallest absolute Gasteiger partial charge is 0.329 e. The Balaban J connectivity index is 1.29. The molecule has 1 aromatic rings. The molecule has 4 rings (SSSR count). The molecule has 9 heteroatoms. The van der Waals surface area contributed by atoms with Crippen molar-refractivity contribution >= 4 is 41.0 Å². The monoisotopic (exact) mass is 427 g/mol. The summed E-state index contributed by atoms with van der Waals surface area (Å²) in [4.78, 5) is 62.2. The predicted molar refractivity (Wildman–Crippen MR) is 109 cm³/mol. The van der Waals surface area contributed by atoms with E-state index in [9.17, 15) is 24.0 Å². The summed E-state index contributed by atoms with van der Waals surface area (Å²) in [5, 5.41) is 5.19. The number of fused-ring (bicyclic) bond motifs is 5. The molecule has 4 amide bonds. The van der Waals surface area contributed by atoms with Crippen LogP contribution in [-0.2, 0) is 28.7 Å². The Kier molecular flexibility index (Phi) is 5.51. The van der Waals surface area contributed by atoms with Gasteiger partial charge in [0.2, 0.25) is 17.7 Å². The third-order valence-electron chi connectivity index (χ3n) is 6.52. The van der Waals surface area contributed by atoms with E-state index in [0.717, 1.165) is 24.2 Å². The molecule has 1 saturated heterocycles. The van der Waals surface area contributed by atoms with Gasteiger partial charge in [0.25, 0.3) is 5.91 Å². The first-order valence-corrected chi connectivity index (χ1v) is 10.5. The van der Waals surface area contributed by atoms with E-state index in [1.54, 1.807) is 24.3 Å². The maximum absolute atomic E-state index is 12.8. The van der Waals surface area contributed by atoms with Crippen LogP contribution in [0.4, 0.5) is 11.4 Å². The number of esters is 1. The highest BCUT2D eigenvalue weighted by Crippen LogP contribution is 2.56. The summed E-state index contributed by atoms with van der Waals surface area (Å²) in [6.07, 6.45) is 2.85. The van der Waals surface area contributed by atoms with Crippen molar-refractivity contribution < 1.29 is 28.7 Å². The van der Waals surface area contributed by atoms with E-state index in [1.807, 2.05) is 0 Å². The third kappa shape index (κ3) is 3.92. The zero-order valence-corrected chi connectivity index (χ0v) is 17.4. The van der Waals surface area contributed by atoms with Crippen molar-refractivity contribution in [2.45, 2.75) is 39.2 Å². The molecular formula is C22H25N3O6. The number of ether oxygens (including phenoxy) is 1. The van der Waals surface area contributed by atoms with Crippen molar-refractivity contribution in [3.63, 3.8) is 0 Å². The second-order valence-corrected chi connectivity index (χ2v) is 8.52. The first-order chi connectivity index (χ1) is 14.8. The Morgan fingerprint density at radius 2 is 1.52 bits per heavy atom. The van der Waals surface area contributed by atoms with Crippen LogP contribution in [0, 0.1) is 23.7 Å². The van der Waals surface area contributed by atoms with E-state index >= 15 is 0 Å². The lowest BCUT2D eigenvalue weighted by molar-refractivity contribution is -0.159. The fraction of sp³-hybridized carbons (Fsp3) is 0.500. The van der Waals surface area contributed by atoms with E-state index in [1.165, 1.54) is 13.8 Å². The molecule has 164 valence electrons. The topological polar surface area (TPSA) is 122 Å². The normalized spacial score (nSPS) is 27.1. The number of nitrogens with one attached hydrogen (secondary N) is 2. The molecular weight excluding hydrogens is 402 g/mol. The summed E-state index contributed by atoms with van der Waals surface area (Å²) < 4.78 is 5.06. The highest BCUT2D eigenvalue weighted by Gasteiger charge is 2.62. The molecule has 31 heavy (non-hydrogen) atoms. The van der Waals surface area contributed by atoms with E-state index in [4.69, 9.17) is 4.74 Å².